The molecule has 0 unspecified atom stereocenters. The van der Waals surface area contributed by atoms with Crippen molar-refractivity contribution in [1.82, 2.24) is 0 Å². The Kier molecular flexibility index (Phi) is 6.05. The van der Waals surface area contributed by atoms with Crippen molar-refractivity contribution in [2.45, 2.75) is 51.5 Å². The normalized spacial score (nSPS) is 16.3. The minimum atomic E-state index is 0.0840. The van der Waals surface area contributed by atoms with Crippen LogP contribution in [0.1, 0.15) is 50.5 Å². The van der Waals surface area contributed by atoms with Crippen molar-refractivity contribution in [3.05, 3.63) is 23.8 Å². The number of carbonyl (C=O) groups excluding carboxylic acids is 1. The van der Waals surface area contributed by atoms with Crippen LogP contribution in [0.15, 0.2) is 18.2 Å². The first-order chi connectivity index (χ1) is 10.2. The highest BCUT2D eigenvalue weighted by Gasteiger charge is 2.17. The topological polar surface area (TPSA) is 64.3 Å². The molecule has 4 heteroatoms. The summed E-state index contributed by atoms with van der Waals surface area (Å²) in [5.74, 6) is 1.29. The summed E-state index contributed by atoms with van der Waals surface area (Å²) < 4.78 is 5.33. The number of anilines is 1. The molecule has 0 heterocycles. The molecule has 116 valence electrons. The molecule has 0 aromatic heterocycles. The molecule has 0 atom stereocenters. The fourth-order valence-electron chi connectivity index (χ4n) is 3.00. The summed E-state index contributed by atoms with van der Waals surface area (Å²) in [4.78, 5) is 12.2. The third kappa shape index (κ3) is 4.74. The molecule has 21 heavy (non-hydrogen) atoms. The van der Waals surface area contributed by atoms with Gasteiger partial charge in [0.15, 0.2) is 0 Å². The molecule has 3 N–H and O–H groups in total. The molecule has 1 amide bonds. The molecule has 1 saturated carbocycles. The van der Waals surface area contributed by atoms with Gasteiger partial charge in [-0.15, -0.1) is 0 Å². The van der Waals surface area contributed by atoms with Crippen LogP contribution in [0.2, 0.25) is 0 Å². The van der Waals surface area contributed by atoms with E-state index in [1.165, 1.54) is 38.5 Å². The minimum Gasteiger partial charge on any atom is -0.495 e. The van der Waals surface area contributed by atoms with Gasteiger partial charge in [0.25, 0.3) is 0 Å². The maximum absolute atomic E-state index is 12.2. The first-order valence-electron chi connectivity index (χ1n) is 7.89. The van der Waals surface area contributed by atoms with Gasteiger partial charge in [-0.05, 0) is 36.5 Å². The highest BCUT2D eigenvalue weighted by atomic mass is 16.5. The van der Waals surface area contributed by atoms with Crippen LogP contribution < -0.4 is 15.8 Å². The van der Waals surface area contributed by atoms with E-state index in [2.05, 4.69) is 5.32 Å². The average molecular weight is 290 g/mol. The van der Waals surface area contributed by atoms with Crippen LogP contribution in [0.5, 0.6) is 5.75 Å². The van der Waals surface area contributed by atoms with E-state index in [9.17, 15) is 4.79 Å². The SMILES string of the molecule is COc1cc(CN)ccc1NC(=O)CC1CCCCCC1. The van der Waals surface area contributed by atoms with Crippen molar-refractivity contribution < 1.29 is 9.53 Å². The second-order valence-corrected chi connectivity index (χ2v) is 5.85. The summed E-state index contributed by atoms with van der Waals surface area (Å²) in [6.45, 7) is 0.465. The highest BCUT2D eigenvalue weighted by molar-refractivity contribution is 5.92. The fourth-order valence-corrected chi connectivity index (χ4v) is 3.00. The van der Waals surface area contributed by atoms with Gasteiger partial charge in [-0.1, -0.05) is 31.7 Å². The van der Waals surface area contributed by atoms with Crippen LogP contribution in [-0.2, 0) is 11.3 Å². The van der Waals surface area contributed by atoms with Gasteiger partial charge in [0, 0.05) is 13.0 Å². The number of carbonyl (C=O) groups is 1. The predicted octanol–water partition coefficient (Wildman–Crippen LogP) is 3.45. The van der Waals surface area contributed by atoms with Gasteiger partial charge in [0.2, 0.25) is 5.91 Å². The third-order valence-corrected chi connectivity index (χ3v) is 4.22. The Bertz CT molecular complexity index is 466. The smallest absolute Gasteiger partial charge is 0.224 e. The van der Waals surface area contributed by atoms with Gasteiger partial charge in [-0.2, -0.15) is 0 Å². The first kappa shape index (κ1) is 15.8. The Morgan fingerprint density at radius 2 is 2.00 bits per heavy atom. The number of hydrogen-bond donors (Lipinski definition) is 2. The Morgan fingerprint density at radius 3 is 2.62 bits per heavy atom. The molecule has 0 radical (unpaired) electrons. The number of ether oxygens (including phenoxy) is 1. The summed E-state index contributed by atoms with van der Waals surface area (Å²) in [6, 6.07) is 5.66. The zero-order chi connectivity index (χ0) is 15.1. The van der Waals surface area contributed by atoms with E-state index in [-0.39, 0.29) is 5.91 Å². The summed E-state index contributed by atoms with van der Waals surface area (Å²) in [7, 11) is 1.61. The first-order valence-corrected chi connectivity index (χ1v) is 7.89. The second-order valence-electron chi connectivity index (χ2n) is 5.85. The molecular weight excluding hydrogens is 264 g/mol. The quantitative estimate of drug-likeness (QED) is 0.816. The summed E-state index contributed by atoms with van der Waals surface area (Å²) in [5, 5.41) is 2.98. The van der Waals surface area contributed by atoms with Crippen molar-refractivity contribution in [2.24, 2.45) is 11.7 Å². The minimum absolute atomic E-state index is 0.0840. The Balaban J connectivity index is 1.95. The van der Waals surface area contributed by atoms with Crippen LogP contribution in [0.25, 0.3) is 0 Å². The molecule has 4 nitrogen and oxygen atoms in total. The molecule has 2 rings (SSSR count). The monoisotopic (exact) mass is 290 g/mol. The number of methoxy groups -OCH3 is 1. The zero-order valence-electron chi connectivity index (χ0n) is 12.9. The molecule has 1 aromatic rings. The number of nitrogens with one attached hydrogen (secondary N) is 1. The molecular formula is C17H26N2O2. The molecule has 0 saturated heterocycles. The fraction of sp³-hybridized carbons (Fsp3) is 0.588. The van der Waals surface area contributed by atoms with Crippen molar-refractivity contribution in [3.8, 4) is 5.75 Å². The van der Waals surface area contributed by atoms with E-state index in [0.29, 0.717) is 24.6 Å². The lowest BCUT2D eigenvalue weighted by Crippen LogP contribution is -2.17. The molecule has 0 aliphatic heterocycles. The number of nitrogens with two attached hydrogens (primary N) is 1. The second kappa shape index (κ2) is 8.03. The highest BCUT2D eigenvalue weighted by Crippen LogP contribution is 2.28. The van der Waals surface area contributed by atoms with Gasteiger partial charge < -0.3 is 15.8 Å². The van der Waals surface area contributed by atoms with Gasteiger partial charge >= 0.3 is 0 Å². The van der Waals surface area contributed by atoms with Crippen LogP contribution >= 0.6 is 0 Å². The predicted molar refractivity (Wildman–Crippen MR) is 85.3 cm³/mol. The molecule has 1 aliphatic carbocycles. The summed E-state index contributed by atoms with van der Waals surface area (Å²) >= 11 is 0. The van der Waals surface area contributed by atoms with Gasteiger partial charge in [-0.3, -0.25) is 4.79 Å². The van der Waals surface area contributed by atoms with E-state index >= 15 is 0 Å². The Labute approximate surface area is 127 Å². The standard InChI is InChI=1S/C17H26N2O2/c1-21-16-10-14(12-18)8-9-15(16)19-17(20)11-13-6-4-2-3-5-7-13/h8-10,13H,2-7,11-12,18H2,1H3,(H,19,20). The molecule has 1 aromatic carbocycles. The zero-order valence-corrected chi connectivity index (χ0v) is 12.9. The lowest BCUT2D eigenvalue weighted by molar-refractivity contribution is -0.117. The number of rotatable bonds is 5. The van der Waals surface area contributed by atoms with Crippen molar-refractivity contribution in [2.75, 3.05) is 12.4 Å². The molecule has 0 spiro atoms. The lowest BCUT2D eigenvalue weighted by Gasteiger charge is -2.15. The summed E-state index contributed by atoms with van der Waals surface area (Å²) in [5.41, 5.74) is 7.34. The van der Waals surface area contributed by atoms with E-state index in [1.807, 2.05) is 18.2 Å². The van der Waals surface area contributed by atoms with E-state index < -0.39 is 0 Å². The number of amides is 1. The molecule has 0 bridgehead atoms. The number of benzene rings is 1. The van der Waals surface area contributed by atoms with Gasteiger partial charge in [0.1, 0.15) is 5.75 Å². The lowest BCUT2D eigenvalue weighted by atomic mass is 9.96. The maximum Gasteiger partial charge on any atom is 0.224 e. The van der Waals surface area contributed by atoms with Crippen LogP contribution in [0, 0.1) is 5.92 Å². The van der Waals surface area contributed by atoms with E-state index in [4.69, 9.17) is 10.5 Å². The van der Waals surface area contributed by atoms with Crippen LogP contribution in [0.4, 0.5) is 5.69 Å². The largest absolute Gasteiger partial charge is 0.495 e. The Hall–Kier alpha value is -1.55. The van der Waals surface area contributed by atoms with Crippen molar-refractivity contribution in [3.63, 3.8) is 0 Å². The third-order valence-electron chi connectivity index (χ3n) is 4.22. The van der Waals surface area contributed by atoms with Crippen molar-refractivity contribution in [1.29, 1.82) is 0 Å². The number of hydrogen-bond acceptors (Lipinski definition) is 3. The van der Waals surface area contributed by atoms with Crippen LogP contribution in [-0.4, -0.2) is 13.0 Å². The average Bonchev–Trinajstić information content (AvgIpc) is 2.76. The molecule has 1 fully saturated rings. The Morgan fingerprint density at radius 1 is 1.29 bits per heavy atom. The maximum atomic E-state index is 12.2. The van der Waals surface area contributed by atoms with Crippen LogP contribution in [0.3, 0.4) is 0 Å². The van der Waals surface area contributed by atoms with Crippen molar-refractivity contribution >= 4 is 11.6 Å². The van der Waals surface area contributed by atoms with Gasteiger partial charge in [0.05, 0.1) is 12.8 Å². The van der Waals surface area contributed by atoms with E-state index in [1.54, 1.807) is 7.11 Å². The van der Waals surface area contributed by atoms with Gasteiger partial charge in [-0.25, -0.2) is 0 Å². The summed E-state index contributed by atoms with van der Waals surface area (Å²) in [6.07, 6.45) is 8.10. The van der Waals surface area contributed by atoms with E-state index in [0.717, 1.165) is 11.3 Å². The molecule has 1 aliphatic rings.